The molecule has 28 heavy (non-hydrogen) atoms. The lowest BCUT2D eigenvalue weighted by molar-refractivity contribution is -0.130. The van der Waals surface area contributed by atoms with Crippen molar-refractivity contribution in [1.29, 1.82) is 0 Å². The molecule has 0 saturated heterocycles. The summed E-state index contributed by atoms with van der Waals surface area (Å²) in [6.45, 7) is 1.15. The summed E-state index contributed by atoms with van der Waals surface area (Å²) in [4.78, 5) is 26.2. The predicted octanol–water partition coefficient (Wildman–Crippen LogP) is 4.26. The van der Waals surface area contributed by atoms with E-state index in [1.165, 1.54) is 17.0 Å². The van der Waals surface area contributed by atoms with Crippen molar-refractivity contribution in [3.63, 3.8) is 0 Å². The Bertz CT molecular complexity index is 866. The van der Waals surface area contributed by atoms with Crippen LogP contribution >= 0.6 is 11.6 Å². The number of halogens is 2. The van der Waals surface area contributed by atoms with E-state index in [1.807, 2.05) is 0 Å². The zero-order valence-electron chi connectivity index (χ0n) is 15.5. The van der Waals surface area contributed by atoms with Crippen LogP contribution in [0.15, 0.2) is 36.4 Å². The molecule has 0 fully saturated rings. The quantitative estimate of drug-likeness (QED) is 0.674. The molecule has 0 radical (unpaired) electrons. The molecule has 3 rings (SSSR count). The Labute approximate surface area is 168 Å². The van der Waals surface area contributed by atoms with E-state index in [4.69, 9.17) is 21.1 Å². The van der Waals surface area contributed by atoms with Crippen molar-refractivity contribution in [1.82, 2.24) is 4.90 Å². The van der Waals surface area contributed by atoms with Gasteiger partial charge in [-0.2, -0.15) is 0 Å². The fraction of sp³-hybridized carbons (Fsp3) is 0.333. The predicted molar refractivity (Wildman–Crippen MR) is 103 cm³/mol. The number of ether oxygens (including phenoxy) is 2. The Kier molecular flexibility index (Phi) is 6.52. The van der Waals surface area contributed by atoms with Crippen molar-refractivity contribution in [3.05, 3.63) is 58.4 Å². The van der Waals surface area contributed by atoms with Crippen LogP contribution in [0.3, 0.4) is 0 Å². The van der Waals surface area contributed by atoms with Gasteiger partial charge < -0.3 is 14.4 Å². The van der Waals surface area contributed by atoms with Gasteiger partial charge in [-0.15, -0.1) is 0 Å². The Morgan fingerprint density at radius 1 is 1.11 bits per heavy atom. The van der Waals surface area contributed by atoms with Gasteiger partial charge in [0.15, 0.2) is 17.3 Å². The molecule has 1 aliphatic heterocycles. The maximum absolute atomic E-state index is 13.9. The fourth-order valence-corrected chi connectivity index (χ4v) is 3.12. The second-order valence-electron chi connectivity index (χ2n) is 6.59. The van der Waals surface area contributed by atoms with Gasteiger partial charge in [0.25, 0.3) is 0 Å². The molecule has 148 valence electrons. The topological polar surface area (TPSA) is 55.8 Å². The molecular weight excluding hydrogens is 385 g/mol. The lowest BCUT2D eigenvalue weighted by Gasteiger charge is -2.18. The highest BCUT2D eigenvalue weighted by Crippen LogP contribution is 2.31. The highest BCUT2D eigenvalue weighted by Gasteiger charge is 2.18. The Morgan fingerprint density at radius 2 is 1.86 bits per heavy atom. The Hall–Kier alpha value is -2.60. The van der Waals surface area contributed by atoms with Gasteiger partial charge in [0.2, 0.25) is 5.91 Å². The van der Waals surface area contributed by atoms with Crippen LogP contribution in [0.2, 0.25) is 5.02 Å². The minimum atomic E-state index is -0.463. The summed E-state index contributed by atoms with van der Waals surface area (Å²) in [5.41, 5.74) is 0.728. The molecule has 0 saturated carbocycles. The fourth-order valence-electron chi connectivity index (χ4n) is 2.90. The van der Waals surface area contributed by atoms with Crippen LogP contribution in [-0.4, -0.2) is 36.9 Å². The normalized spacial score (nSPS) is 13.0. The van der Waals surface area contributed by atoms with E-state index in [2.05, 4.69) is 0 Å². The number of carbonyl (C=O) groups is 2. The number of ketones is 1. The molecule has 0 spiro atoms. The van der Waals surface area contributed by atoms with Gasteiger partial charge >= 0.3 is 0 Å². The highest BCUT2D eigenvalue weighted by atomic mass is 35.5. The summed E-state index contributed by atoms with van der Waals surface area (Å²) >= 11 is 6.00. The van der Waals surface area contributed by atoms with Gasteiger partial charge in [-0.3, -0.25) is 9.59 Å². The first-order chi connectivity index (χ1) is 13.5. The average Bonchev–Trinajstić information content (AvgIpc) is 2.93. The number of benzene rings is 2. The number of carbonyl (C=O) groups excluding carboxylic acids is 2. The van der Waals surface area contributed by atoms with Gasteiger partial charge in [0, 0.05) is 49.0 Å². The van der Waals surface area contributed by atoms with Crippen LogP contribution in [0.4, 0.5) is 4.39 Å². The Balaban J connectivity index is 1.58. The summed E-state index contributed by atoms with van der Waals surface area (Å²) in [6, 6.07) is 9.41. The van der Waals surface area contributed by atoms with E-state index in [0.29, 0.717) is 30.3 Å². The van der Waals surface area contributed by atoms with E-state index in [9.17, 15) is 14.0 Å². The van der Waals surface area contributed by atoms with Crippen LogP contribution in [0.1, 0.15) is 35.2 Å². The molecule has 0 unspecified atom stereocenters. The molecule has 1 amide bonds. The number of amides is 1. The molecule has 0 bridgehead atoms. The maximum Gasteiger partial charge on any atom is 0.223 e. The van der Waals surface area contributed by atoms with Gasteiger partial charge in [-0.25, -0.2) is 4.39 Å². The minimum Gasteiger partial charge on any atom is -0.490 e. The van der Waals surface area contributed by atoms with Crippen LogP contribution in [0.5, 0.6) is 11.5 Å². The second kappa shape index (κ2) is 9.06. The molecule has 7 heteroatoms. The molecule has 0 atom stereocenters. The smallest absolute Gasteiger partial charge is 0.223 e. The number of hydrogen-bond acceptors (Lipinski definition) is 4. The SMILES string of the molecule is CN(Cc1c(F)cccc1Cl)C(=O)CCC(=O)c1ccc2c(c1)OCCCO2. The first-order valence-corrected chi connectivity index (χ1v) is 9.43. The molecule has 0 aliphatic carbocycles. The number of fused-ring (bicyclic) bond motifs is 1. The zero-order valence-corrected chi connectivity index (χ0v) is 16.3. The van der Waals surface area contributed by atoms with Crippen LogP contribution < -0.4 is 9.47 Å². The molecule has 2 aromatic carbocycles. The van der Waals surface area contributed by atoms with E-state index in [1.54, 1.807) is 31.3 Å². The highest BCUT2D eigenvalue weighted by molar-refractivity contribution is 6.31. The standard InChI is InChI=1S/C21H21ClFNO4/c1-24(13-15-16(22)4-2-5-17(15)23)21(26)9-7-18(25)14-6-8-19-20(12-14)28-11-3-10-27-19/h2,4-6,8,12H,3,7,9-11,13H2,1H3. The monoisotopic (exact) mass is 405 g/mol. The third-order valence-corrected chi connectivity index (χ3v) is 4.87. The van der Waals surface area contributed by atoms with Gasteiger partial charge in [-0.05, 0) is 30.3 Å². The molecule has 2 aromatic rings. The molecular formula is C21H21ClFNO4. The number of rotatable bonds is 6. The Morgan fingerprint density at radius 3 is 2.61 bits per heavy atom. The maximum atomic E-state index is 13.9. The van der Waals surface area contributed by atoms with E-state index in [0.717, 1.165) is 6.42 Å². The van der Waals surface area contributed by atoms with Crippen LogP contribution in [-0.2, 0) is 11.3 Å². The second-order valence-corrected chi connectivity index (χ2v) is 6.99. The van der Waals surface area contributed by atoms with Gasteiger partial charge in [0.1, 0.15) is 5.82 Å². The number of Topliss-reactive ketones (excluding diaryl/α,β-unsaturated/α-hetero) is 1. The summed E-state index contributed by atoms with van der Waals surface area (Å²) in [5.74, 6) is 0.270. The first-order valence-electron chi connectivity index (χ1n) is 9.05. The van der Waals surface area contributed by atoms with Crippen molar-refractivity contribution in [2.24, 2.45) is 0 Å². The lowest BCUT2D eigenvalue weighted by Crippen LogP contribution is -2.27. The van der Waals surface area contributed by atoms with E-state index in [-0.39, 0.29) is 41.7 Å². The van der Waals surface area contributed by atoms with Crippen LogP contribution in [0, 0.1) is 5.82 Å². The summed E-state index contributed by atoms with van der Waals surface area (Å²) in [5, 5.41) is 0.267. The third kappa shape index (κ3) is 4.81. The average molecular weight is 406 g/mol. The zero-order chi connectivity index (χ0) is 20.1. The summed E-state index contributed by atoms with van der Waals surface area (Å²) < 4.78 is 25.0. The third-order valence-electron chi connectivity index (χ3n) is 4.52. The number of hydrogen-bond donors (Lipinski definition) is 0. The largest absolute Gasteiger partial charge is 0.490 e. The van der Waals surface area contributed by atoms with Crippen molar-refractivity contribution < 1.29 is 23.5 Å². The van der Waals surface area contributed by atoms with Crippen molar-refractivity contribution in [3.8, 4) is 11.5 Å². The van der Waals surface area contributed by atoms with E-state index < -0.39 is 5.82 Å². The van der Waals surface area contributed by atoms with Crippen molar-refractivity contribution >= 4 is 23.3 Å². The molecule has 0 aromatic heterocycles. The lowest BCUT2D eigenvalue weighted by atomic mass is 10.1. The summed E-state index contributed by atoms with van der Waals surface area (Å²) in [7, 11) is 1.56. The van der Waals surface area contributed by atoms with Crippen molar-refractivity contribution in [2.45, 2.75) is 25.8 Å². The van der Waals surface area contributed by atoms with Gasteiger partial charge in [0.05, 0.1) is 13.2 Å². The molecule has 0 N–H and O–H groups in total. The first kappa shape index (κ1) is 20.1. The van der Waals surface area contributed by atoms with Crippen molar-refractivity contribution in [2.75, 3.05) is 20.3 Å². The molecule has 5 nitrogen and oxygen atoms in total. The van der Waals surface area contributed by atoms with E-state index >= 15 is 0 Å². The summed E-state index contributed by atoms with van der Waals surface area (Å²) in [6.07, 6.45) is 0.856. The van der Waals surface area contributed by atoms with Crippen LogP contribution in [0.25, 0.3) is 0 Å². The number of nitrogens with zero attached hydrogens (tertiary/aromatic N) is 1. The minimum absolute atomic E-state index is 0.0237. The molecule has 1 heterocycles. The van der Waals surface area contributed by atoms with Gasteiger partial charge in [-0.1, -0.05) is 17.7 Å². The molecule has 1 aliphatic rings.